The van der Waals surface area contributed by atoms with E-state index in [1.54, 1.807) is 0 Å². The van der Waals surface area contributed by atoms with Crippen LogP contribution in [0.25, 0.3) is 0 Å². The van der Waals surface area contributed by atoms with Crippen LogP contribution in [-0.2, 0) is 15.9 Å². The summed E-state index contributed by atoms with van der Waals surface area (Å²) in [5.41, 5.74) is 0.923. The van der Waals surface area contributed by atoms with Gasteiger partial charge in [-0.15, -0.1) is 0 Å². The third-order valence-electron chi connectivity index (χ3n) is 8.34. The number of hydrogen-bond acceptors (Lipinski definition) is 2. The van der Waals surface area contributed by atoms with Gasteiger partial charge in [-0.05, 0) is 60.3 Å². The molecule has 0 amide bonds. The van der Waals surface area contributed by atoms with Crippen molar-refractivity contribution in [3.8, 4) is 0 Å². The molecule has 5 rings (SSSR count). The van der Waals surface area contributed by atoms with Crippen LogP contribution in [0.15, 0.2) is 91.0 Å². The first-order valence-electron chi connectivity index (χ1n) is 15.8. The maximum Gasteiger partial charge on any atom is -0.0134 e. The molecule has 3 aromatic rings. The number of fused-ring (bicyclic) bond motifs is 1. The van der Waals surface area contributed by atoms with E-state index < -0.39 is 7.92 Å². The minimum Gasteiger partial charge on any atom is -0.0622 e. The van der Waals surface area contributed by atoms with E-state index in [-0.39, 0.29) is 15.9 Å². The fourth-order valence-electron chi connectivity index (χ4n) is 6.00. The Balaban J connectivity index is 0.000000217. The summed E-state index contributed by atoms with van der Waals surface area (Å²) in [5, 5.41) is 4.19. The number of nitrogens with zero attached hydrogens (tertiary/aromatic N) is 2. The Labute approximate surface area is 280 Å². The van der Waals surface area contributed by atoms with Gasteiger partial charge in [0, 0.05) is 25.2 Å². The molecule has 0 spiro atoms. The number of hydrogen-bond donors (Lipinski definition) is 0. The maximum atomic E-state index is 4.81. The van der Waals surface area contributed by atoms with E-state index in [0.29, 0.717) is 10.8 Å². The predicted molar refractivity (Wildman–Crippen MR) is 189 cm³/mol. The molecule has 1 heterocycles. The summed E-state index contributed by atoms with van der Waals surface area (Å²) in [6.07, 6.45) is 8.40. The zero-order chi connectivity index (χ0) is 31.3. The topological polar surface area (TPSA) is 6.48 Å². The van der Waals surface area contributed by atoms with Crippen molar-refractivity contribution < 1.29 is 15.9 Å². The van der Waals surface area contributed by atoms with Gasteiger partial charge in [-0.2, -0.15) is 0 Å². The maximum absolute atomic E-state index is 4.81. The largest absolute Gasteiger partial charge is 0.0622 e. The molecular formula is C37H53Cl2N2PPd. The Morgan fingerprint density at radius 3 is 1.19 bits per heavy atom. The third-order valence-corrected chi connectivity index (χ3v) is 10.8. The number of rotatable bonds is 7. The SMILES string of the molecule is CC(C)(C)CCN1CN(CCC(C)(C)C)[C@H]2CCCC[C@@H]21.[Cl][Pd][Cl].c1ccc(P(c2ccccc2)c2ccccc2)cc1. The second-order valence-electron chi connectivity index (χ2n) is 14.2. The van der Waals surface area contributed by atoms with Gasteiger partial charge in [-0.1, -0.05) is 145 Å². The molecule has 1 aliphatic carbocycles. The number of benzene rings is 3. The molecule has 2 fully saturated rings. The van der Waals surface area contributed by atoms with E-state index in [9.17, 15) is 0 Å². The molecule has 1 aliphatic heterocycles. The molecule has 240 valence electrons. The molecule has 6 heteroatoms. The zero-order valence-electron chi connectivity index (χ0n) is 27.1. The van der Waals surface area contributed by atoms with E-state index in [1.807, 2.05) is 0 Å². The fourth-order valence-corrected chi connectivity index (χ4v) is 8.30. The van der Waals surface area contributed by atoms with Crippen molar-refractivity contribution in [2.45, 2.75) is 92.2 Å². The minimum absolute atomic E-state index is 0.106. The predicted octanol–water partition coefficient (Wildman–Crippen LogP) is 9.57. The second-order valence-corrected chi connectivity index (χ2v) is 18.8. The molecular weight excluding hydrogens is 681 g/mol. The molecule has 1 saturated heterocycles. The number of halogens is 2. The van der Waals surface area contributed by atoms with Gasteiger partial charge < -0.3 is 0 Å². The average Bonchev–Trinajstić information content (AvgIpc) is 3.35. The normalized spacial score (nSPS) is 19.3. The van der Waals surface area contributed by atoms with Gasteiger partial charge in [0.05, 0.1) is 6.67 Å². The Morgan fingerprint density at radius 1 is 0.605 bits per heavy atom. The minimum atomic E-state index is -0.446. The van der Waals surface area contributed by atoms with Crippen LogP contribution in [-0.4, -0.2) is 41.6 Å². The van der Waals surface area contributed by atoms with E-state index in [2.05, 4.69) is 142 Å². The van der Waals surface area contributed by atoms with E-state index in [0.717, 1.165) is 12.1 Å². The Kier molecular flexibility index (Phi) is 15.7. The monoisotopic (exact) mass is 732 g/mol. The van der Waals surface area contributed by atoms with Crippen LogP contribution in [0, 0.1) is 10.8 Å². The average molecular weight is 734 g/mol. The van der Waals surface area contributed by atoms with Gasteiger partial charge in [0.1, 0.15) is 0 Å². The standard InChI is InChI=1S/C19H38N2.C18H15P.2ClH.Pd/c1-18(2,3)11-13-20-15-21(14-12-19(4,5)6)17-10-8-7-9-16(17)20;1-4-10-16(11-5-1)19(17-12-6-2-7-13-17)18-14-8-3-9-15-18;;;/h16-17H,7-15H2,1-6H3;1-15H;2*1H;/q;;;;+2/p-2/t16-,17-;;;;/m0..../s1. The van der Waals surface area contributed by atoms with Crippen molar-refractivity contribution in [1.29, 1.82) is 0 Å². The first-order valence-corrected chi connectivity index (χ1v) is 21.1. The van der Waals surface area contributed by atoms with Crippen molar-refractivity contribution >= 4 is 42.9 Å². The second kappa shape index (κ2) is 18.4. The summed E-state index contributed by atoms with van der Waals surface area (Å²) in [4.78, 5) is 5.61. The van der Waals surface area contributed by atoms with Crippen LogP contribution < -0.4 is 15.9 Å². The van der Waals surface area contributed by atoms with Crippen LogP contribution in [0.1, 0.15) is 80.1 Å². The zero-order valence-corrected chi connectivity index (χ0v) is 31.1. The third kappa shape index (κ3) is 12.9. The van der Waals surface area contributed by atoms with Crippen LogP contribution >= 0.6 is 27.0 Å². The first kappa shape index (κ1) is 36.7. The summed E-state index contributed by atoms with van der Waals surface area (Å²) in [5.74, 6) is 0. The molecule has 1 saturated carbocycles. The summed E-state index contributed by atoms with van der Waals surface area (Å²) in [6, 6.07) is 34.0. The van der Waals surface area contributed by atoms with Crippen molar-refractivity contribution in [3.63, 3.8) is 0 Å². The van der Waals surface area contributed by atoms with E-state index in [1.165, 1.54) is 74.2 Å². The smallest absolute Gasteiger partial charge is 0.0134 e. The summed E-state index contributed by atoms with van der Waals surface area (Å²) in [7, 11) is 9.18. The van der Waals surface area contributed by atoms with Gasteiger partial charge in [0.2, 0.25) is 0 Å². The van der Waals surface area contributed by atoms with Crippen LogP contribution in [0.4, 0.5) is 0 Å². The Bertz CT molecular complexity index is 1030. The molecule has 2 atom stereocenters. The molecule has 0 unspecified atom stereocenters. The Hall–Kier alpha value is -0.748. The summed E-state index contributed by atoms with van der Waals surface area (Å²) in [6.45, 7) is 18.0. The molecule has 0 N–H and O–H groups in total. The summed E-state index contributed by atoms with van der Waals surface area (Å²) >= 11 is -0.106. The molecule has 2 nitrogen and oxygen atoms in total. The molecule has 0 bridgehead atoms. The van der Waals surface area contributed by atoms with Gasteiger partial charge >= 0.3 is 35.0 Å². The van der Waals surface area contributed by atoms with Crippen molar-refractivity contribution in [1.82, 2.24) is 9.80 Å². The van der Waals surface area contributed by atoms with Crippen LogP contribution in [0.2, 0.25) is 0 Å². The van der Waals surface area contributed by atoms with Gasteiger partial charge in [0.15, 0.2) is 0 Å². The van der Waals surface area contributed by atoms with E-state index >= 15 is 0 Å². The van der Waals surface area contributed by atoms with Gasteiger partial charge in [-0.3, -0.25) is 9.80 Å². The van der Waals surface area contributed by atoms with Crippen molar-refractivity contribution in [2.75, 3.05) is 19.8 Å². The van der Waals surface area contributed by atoms with E-state index in [4.69, 9.17) is 19.1 Å². The molecule has 43 heavy (non-hydrogen) atoms. The van der Waals surface area contributed by atoms with Crippen molar-refractivity contribution in [3.05, 3.63) is 91.0 Å². The van der Waals surface area contributed by atoms with Gasteiger partial charge in [0.25, 0.3) is 0 Å². The van der Waals surface area contributed by atoms with Crippen molar-refractivity contribution in [2.24, 2.45) is 10.8 Å². The molecule has 3 aromatic carbocycles. The first-order chi connectivity index (χ1) is 20.5. The molecule has 2 aliphatic rings. The summed E-state index contributed by atoms with van der Waals surface area (Å²) < 4.78 is 0. The molecule has 0 aromatic heterocycles. The quantitative estimate of drug-likeness (QED) is 0.176. The molecule has 0 radical (unpaired) electrons. The van der Waals surface area contributed by atoms with Crippen LogP contribution in [0.5, 0.6) is 0 Å². The fraction of sp³-hybridized carbons (Fsp3) is 0.514. The van der Waals surface area contributed by atoms with Gasteiger partial charge in [-0.25, -0.2) is 0 Å². The Morgan fingerprint density at radius 2 is 0.907 bits per heavy atom. The van der Waals surface area contributed by atoms with Crippen LogP contribution in [0.3, 0.4) is 0 Å².